The lowest BCUT2D eigenvalue weighted by molar-refractivity contribution is -0.139. The van der Waals surface area contributed by atoms with E-state index in [9.17, 15) is 14.7 Å². The summed E-state index contributed by atoms with van der Waals surface area (Å²) in [7, 11) is 0. The summed E-state index contributed by atoms with van der Waals surface area (Å²) in [6.07, 6.45) is 3.92. The van der Waals surface area contributed by atoms with Crippen LogP contribution in [-0.2, 0) is 11.2 Å². The molecule has 2 aromatic rings. The molecular formula is C24H31N3O3S2. The number of aliphatic carboxylic acids is 1. The van der Waals surface area contributed by atoms with Gasteiger partial charge in [-0.2, -0.15) is 24.4 Å². The van der Waals surface area contributed by atoms with Crippen LogP contribution >= 0.6 is 24.4 Å². The number of carbonyl (C=O) groups excluding carboxylic acids is 1. The minimum atomic E-state index is -1.02. The maximum Gasteiger partial charge on any atom is 0.326 e. The number of carboxylic acids is 1. The first-order valence-corrected chi connectivity index (χ1v) is 12.7. The first-order chi connectivity index (χ1) is 15.5. The number of amides is 1. The highest BCUT2D eigenvalue weighted by molar-refractivity contribution is 7.98. The first-order valence-electron chi connectivity index (χ1n) is 10.8. The molecule has 0 bridgehead atoms. The van der Waals surface area contributed by atoms with Crippen LogP contribution < -0.4 is 16.0 Å². The molecule has 1 aliphatic rings. The first kappa shape index (κ1) is 24.5. The Labute approximate surface area is 199 Å². The second-order valence-corrected chi connectivity index (χ2v) is 9.63. The lowest BCUT2D eigenvalue weighted by atomic mass is 9.98. The minimum Gasteiger partial charge on any atom is -0.480 e. The Kier molecular flexibility index (Phi) is 9.32. The van der Waals surface area contributed by atoms with Gasteiger partial charge in [0, 0.05) is 29.1 Å². The van der Waals surface area contributed by atoms with Crippen LogP contribution in [0.4, 0.5) is 5.69 Å². The van der Waals surface area contributed by atoms with E-state index >= 15 is 0 Å². The second kappa shape index (κ2) is 12.2. The molecule has 0 saturated carbocycles. The average molecular weight is 474 g/mol. The summed E-state index contributed by atoms with van der Waals surface area (Å²) in [5.41, 5.74) is 3.28. The maximum absolute atomic E-state index is 13.2. The van der Waals surface area contributed by atoms with Crippen molar-refractivity contribution in [2.75, 3.05) is 30.4 Å². The SMILES string of the molecule is CSCC[C@H](NC(=O)c1cc(NC[C@@H]2NCC[C@H]2S)ccc1Cc1ccccc1)C(=O)O. The van der Waals surface area contributed by atoms with E-state index in [4.69, 9.17) is 0 Å². The highest BCUT2D eigenvalue weighted by Gasteiger charge is 2.24. The summed E-state index contributed by atoms with van der Waals surface area (Å²) in [5, 5.41) is 19.4. The molecule has 172 valence electrons. The molecule has 32 heavy (non-hydrogen) atoms. The quantitative estimate of drug-likeness (QED) is 0.322. The van der Waals surface area contributed by atoms with Crippen LogP contribution in [0.2, 0.25) is 0 Å². The fourth-order valence-electron chi connectivity index (χ4n) is 3.79. The molecule has 2 aromatic carbocycles. The Morgan fingerprint density at radius 2 is 2.03 bits per heavy atom. The number of benzene rings is 2. The Balaban J connectivity index is 1.80. The number of hydrogen-bond donors (Lipinski definition) is 5. The normalized spacial score (nSPS) is 18.8. The van der Waals surface area contributed by atoms with E-state index in [0.29, 0.717) is 36.0 Å². The summed E-state index contributed by atoms with van der Waals surface area (Å²) in [6.45, 7) is 1.66. The van der Waals surface area contributed by atoms with E-state index < -0.39 is 12.0 Å². The molecule has 3 atom stereocenters. The van der Waals surface area contributed by atoms with Crippen LogP contribution in [0.25, 0.3) is 0 Å². The fourth-order valence-corrected chi connectivity index (χ4v) is 4.60. The Morgan fingerprint density at radius 3 is 2.69 bits per heavy atom. The van der Waals surface area contributed by atoms with Crippen LogP contribution in [0.1, 0.15) is 34.3 Å². The predicted octanol–water partition coefficient (Wildman–Crippen LogP) is 3.29. The Morgan fingerprint density at radius 1 is 1.25 bits per heavy atom. The van der Waals surface area contributed by atoms with Gasteiger partial charge in [0.05, 0.1) is 0 Å². The highest BCUT2D eigenvalue weighted by atomic mass is 32.2. The molecule has 1 aliphatic heterocycles. The van der Waals surface area contributed by atoms with Gasteiger partial charge in [-0.15, -0.1) is 0 Å². The molecule has 0 spiro atoms. The molecule has 6 nitrogen and oxygen atoms in total. The number of rotatable bonds is 11. The van der Waals surface area contributed by atoms with Crippen LogP contribution in [0.3, 0.4) is 0 Å². The van der Waals surface area contributed by atoms with Gasteiger partial charge in [-0.3, -0.25) is 4.79 Å². The molecule has 1 saturated heterocycles. The van der Waals surface area contributed by atoms with Crippen molar-refractivity contribution in [1.29, 1.82) is 0 Å². The smallest absolute Gasteiger partial charge is 0.326 e. The summed E-state index contributed by atoms with van der Waals surface area (Å²) in [5.74, 6) is -0.716. The zero-order valence-corrected chi connectivity index (χ0v) is 19.9. The summed E-state index contributed by atoms with van der Waals surface area (Å²) < 4.78 is 0. The lowest BCUT2D eigenvalue weighted by Crippen LogP contribution is -2.41. The number of carboxylic acid groups (broad SMARTS) is 1. The van der Waals surface area contributed by atoms with Gasteiger partial charge < -0.3 is 21.1 Å². The van der Waals surface area contributed by atoms with Gasteiger partial charge in [-0.1, -0.05) is 36.4 Å². The molecule has 0 aliphatic carbocycles. The number of thiol groups is 1. The van der Waals surface area contributed by atoms with Crippen molar-refractivity contribution in [3.8, 4) is 0 Å². The number of thioether (sulfide) groups is 1. The van der Waals surface area contributed by atoms with Gasteiger partial charge in [0.25, 0.3) is 5.91 Å². The Hall–Kier alpha value is -2.16. The summed E-state index contributed by atoms with van der Waals surface area (Å²) in [6, 6.07) is 15.0. The summed E-state index contributed by atoms with van der Waals surface area (Å²) >= 11 is 6.18. The van der Waals surface area contributed by atoms with E-state index in [1.165, 1.54) is 0 Å². The van der Waals surface area contributed by atoms with Gasteiger partial charge in [-0.05, 0) is 61.1 Å². The lowest BCUT2D eigenvalue weighted by Gasteiger charge is -2.19. The topological polar surface area (TPSA) is 90.5 Å². The van der Waals surface area contributed by atoms with E-state index in [1.807, 2.05) is 54.8 Å². The zero-order chi connectivity index (χ0) is 22.9. The third kappa shape index (κ3) is 6.92. The van der Waals surface area contributed by atoms with Gasteiger partial charge >= 0.3 is 5.97 Å². The standard InChI is InChI=1S/C24H31N3O3S2/c1-32-12-10-20(24(29)30)27-23(28)19-14-18(26-15-21-22(31)9-11-25-21)8-7-17(19)13-16-5-3-2-4-6-16/h2-8,14,20-22,25-26,31H,9-13,15H2,1H3,(H,27,28)(H,29,30)/t20-,21-,22+/m0/s1. The van der Waals surface area contributed by atoms with Crippen molar-refractivity contribution in [1.82, 2.24) is 10.6 Å². The largest absolute Gasteiger partial charge is 0.480 e. The van der Waals surface area contributed by atoms with Gasteiger partial charge in [0.2, 0.25) is 0 Å². The second-order valence-electron chi connectivity index (χ2n) is 7.98. The molecule has 4 N–H and O–H groups in total. The number of hydrogen-bond acceptors (Lipinski definition) is 6. The molecule has 1 fully saturated rings. The van der Waals surface area contributed by atoms with Gasteiger partial charge in [-0.25, -0.2) is 4.79 Å². The van der Waals surface area contributed by atoms with Crippen molar-refractivity contribution in [3.05, 3.63) is 65.2 Å². The van der Waals surface area contributed by atoms with Crippen molar-refractivity contribution < 1.29 is 14.7 Å². The highest BCUT2D eigenvalue weighted by Crippen LogP contribution is 2.21. The summed E-state index contributed by atoms with van der Waals surface area (Å²) in [4.78, 5) is 24.8. The third-order valence-corrected chi connectivity index (χ3v) is 6.91. The molecule has 0 aromatic heterocycles. The number of carbonyl (C=O) groups is 2. The molecule has 1 amide bonds. The maximum atomic E-state index is 13.2. The van der Waals surface area contributed by atoms with Gasteiger partial charge in [0.1, 0.15) is 6.04 Å². The van der Waals surface area contributed by atoms with Crippen molar-refractivity contribution >= 4 is 42.0 Å². The van der Waals surface area contributed by atoms with Crippen LogP contribution in [0, 0.1) is 0 Å². The molecule has 8 heteroatoms. The number of nitrogens with one attached hydrogen (secondary N) is 3. The van der Waals surface area contributed by atoms with E-state index in [-0.39, 0.29) is 11.9 Å². The predicted molar refractivity (Wildman–Crippen MR) is 135 cm³/mol. The fraction of sp³-hybridized carbons (Fsp3) is 0.417. The van der Waals surface area contributed by atoms with Crippen molar-refractivity contribution in [2.45, 2.75) is 36.6 Å². The molecule has 1 heterocycles. The monoisotopic (exact) mass is 473 g/mol. The van der Waals surface area contributed by atoms with Crippen LogP contribution in [0.15, 0.2) is 48.5 Å². The molecule has 0 unspecified atom stereocenters. The molecule has 0 radical (unpaired) electrons. The molecular weight excluding hydrogens is 442 g/mol. The van der Waals surface area contributed by atoms with E-state index in [2.05, 4.69) is 28.6 Å². The van der Waals surface area contributed by atoms with E-state index in [0.717, 1.165) is 29.8 Å². The van der Waals surface area contributed by atoms with Crippen molar-refractivity contribution in [2.24, 2.45) is 0 Å². The minimum absolute atomic E-state index is 0.266. The third-order valence-electron chi connectivity index (χ3n) is 5.64. The molecule has 3 rings (SSSR count). The zero-order valence-electron chi connectivity index (χ0n) is 18.2. The van der Waals surface area contributed by atoms with E-state index in [1.54, 1.807) is 11.8 Å². The Bertz CT molecular complexity index is 911. The van der Waals surface area contributed by atoms with Crippen molar-refractivity contribution in [3.63, 3.8) is 0 Å². The van der Waals surface area contributed by atoms with Gasteiger partial charge in [0.15, 0.2) is 0 Å². The van der Waals surface area contributed by atoms with Crippen LogP contribution in [0.5, 0.6) is 0 Å². The van der Waals surface area contributed by atoms with Crippen LogP contribution in [-0.4, -0.2) is 59.4 Å². The number of anilines is 1. The average Bonchev–Trinajstić information content (AvgIpc) is 3.20.